The van der Waals surface area contributed by atoms with E-state index in [-0.39, 0.29) is 30.5 Å². The van der Waals surface area contributed by atoms with Gasteiger partial charge in [0.25, 0.3) is 0 Å². The number of carbonyl (C=O) groups is 1. The van der Waals surface area contributed by atoms with Crippen LogP contribution in [-0.2, 0) is 4.79 Å². The number of ketones is 1. The molecule has 1 atom stereocenters. The van der Waals surface area contributed by atoms with E-state index >= 15 is 0 Å². The normalized spacial score (nSPS) is 19.2. The maximum atomic E-state index is 13.3. The Morgan fingerprint density at radius 1 is 1.42 bits per heavy atom. The molecule has 104 valence electrons. The molecule has 0 aromatic heterocycles. The molecule has 1 saturated heterocycles. The molecule has 1 heterocycles. The Morgan fingerprint density at radius 3 is 2.95 bits per heavy atom. The van der Waals surface area contributed by atoms with Crippen molar-refractivity contribution in [1.82, 2.24) is 5.32 Å². The zero-order valence-corrected chi connectivity index (χ0v) is 10.6. The molecule has 0 aliphatic carbocycles. The number of ether oxygens (including phenoxy) is 1. The summed E-state index contributed by atoms with van der Waals surface area (Å²) in [6.45, 7) is 1.79. The molecule has 19 heavy (non-hydrogen) atoms. The highest BCUT2D eigenvalue weighted by Gasteiger charge is 2.20. The third kappa shape index (κ3) is 3.99. The van der Waals surface area contributed by atoms with Crippen molar-refractivity contribution in [3.63, 3.8) is 0 Å². The van der Waals surface area contributed by atoms with Gasteiger partial charge in [0.15, 0.2) is 11.6 Å². The molecule has 3 nitrogen and oxygen atoms in total. The van der Waals surface area contributed by atoms with E-state index in [1.165, 1.54) is 6.07 Å². The molecule has 0 amide bonds. The topological polar surface area (TPSA) is 38.3 Å². The van der Waals surface area contributed by atoms with Gasteiger partial charge in [-0.05, 0) is 31.5 Å². The predicted molar refractivity (Wildman–Crippen MR) is 67.1 cm³/mol. The third-order valence-corrected chi connectivity index (χ3v) is 3.25. The molecule has 2 rings (SSSR count). The average molecular weight is 269 g/mol. The van der Waals surface area contributed by atoms with Crippen LogP contribution >= 0.6 is 0 Å². The van der Waals surface area contributed by atoms with Crippen LogP contribution in [0.25, 0.3) is 0 Å². The van der Waals surface area contributed by atoms with Crippen molar-refractivity contribution in [2.75, 3.05) is 19.7 Å². The first-order valence-corrected chi connectivity index (χ1v) is 6.48. The monoisotopic (exact) mass is 269 g/mol. The molecular formula is C14H17F2NO2. The van der Waals surface area contributed by atoms with E-state index in [1.807, 2.05) is 0 Å². The lowest BCUT2D eigenvalue weighted by atomic mass is 9.94. The summed E-state index contributed by atoms with van der Waals surface area (Å²) in [6, 6.07) is 3.13. The number of benzene rings is 1. The van der Waals surface area contributed by atoms with Gasteiger partial charge in [-0.25, -0.2) is 8.78 Å². The fourth-order valence-electron chi connectivity index (χ4n) is 2.18. The summed E-state index contributed by atoms with van der Waals surface area (Å²) in [4.78, 5) is 11.9. The quantitative estimate of drug-likeness (QED) is 0.891. The zero-order valence-electron chi connectivity index (χ0n) is 10.6. The molecule has 1 aliphatic heterocycles. The van der Waals surface area contributed by atoms with Gasteiger partial charge in [0.05, 0.1) is 6.61 Å². The Labute approximate surface area is 111 Å². The Bertz CT molecular complexity index is 445. The molecule has 1 unspecified atom stereocenters. The third-order valence-electron chi connectivity index (χ3n) is 3.25. The molecule has 1 aliphatic rings. The zero-order chi connectivity index (χ0) is 13.7. The molecule has 1 N–H and O–H groups in total. The van der Waals surface area contributed by atoms with E-state index in [2.05, 4.69) is 5.32 Å². The van der Waals surface area contributed by atoms with Crippen LogP contribution in [-0.4, -0.2) is 25.5 Å². The highest BCUT2D eigenvalue weighted by molar-refractivity contribution is 5.81. The molecule has 1 aromatic rings. The summed E-state index contributed by atoms with van der Waals surface area (Å²) in [6.07, 6.45) is 2.16. The second-order valence-corrected chi connectivity index (χ2v) is 4.68. The van der Waals surface area contributed by atoms with E-state index in [0.29, 0.717) is 6.54 Å². The van der Waals surface area contributed by atoms with Gasteiger partial charge >= 0.3 is 0 Å². The van der Waals surface area contributed by atoms with Gasteiger partial charge in [0, 0.05) is 24.9 Å². The standard InChI is InChI=1S/C14H17F2NO2/c15-11-3-4-14(12(16)8-11)19-7-5-13(18)10-2-1-6-17-9-10/h3-4,8,10,17H,1-2,5-7,9H2. The Hall–Kier alpha value is -1.49. The molecule has 0 radical (unpaired) electrons. The van der Waals surface area contributed by atoms with Crippen molar-refractivity contribution in [3.05, 3.63) is 29.8 Å². The second kappa shape index (κ2) is 6.61. The van der Waals surface area contributed by atoms with Gasteiger partial charge in [-0.1, -0.05) is 0 Å². The molecule has 1 fully saturated rings. The second-order valence-electron chi connectivity index (χ2n) is 4.68. The van der Waals surface area contributed by atoms with Crippen LogP contribution in [0, 0.1) is 17.6 Å². The van der Waals surface area contributed by atoms with Crippen molar-refractivity contribution in [1.29, 1.82) is 0 Å². The smallest absolute Gasteiger partial charge is 0.167 e. The number of carbonyl (C=O) groups excluding carboxylic acids is 1. The highest BCUT2D eigenvalue weighted by atomic mass is 19.1. The van der Waals surface area contributed by atoms with Gasteiger partial charge in [-0.3, -0.25) is 4.79 Å². The van der Waals surface area contributed by atoms with E-state index in [9.17, 15) is 13.6 Å². The lowest BCUT2D eigenvalue weighted by Gasteiger charge is -2.21. The lowest BCUT2D eigenvalue weighted by molar-refractivity contribution is -0.123. The average Bonchev–Trinajstić information content (AvgIpc) is 2.42. The maximum Gasteiger partial charge on any atom is 0.167 e. The molecule has 1 aromatic carbocycles. The summed E-state index contributed by atoms with van der Waals surface area (Å²) in [5.41, 5.74) is 0. The van der Waals surface area contributed by atoms with Gasteiger partial charge in [-0.2, -0.15) is 0 Å². The molecule has 0 saturated carbocycles. The van der Waals surface area contributed by atoms with Gasteiger partial charge in [0.2, 0.25) is 0 Å². The Balaban J connectivity index is 1.78. The lowest BCUT2D eigenvalue weighted by Crippen LogP contribution is -2.34. The Morgan fingerprint density at radius 2 is 2.26 bits per heavy atom. The summed E-state index contributed by atoms with van der Waals surface area (Å²) >= 11 is 0. The van der Waals surface area contributed by atoms with Crippen molar-refractivity contribution < 1.29 is 18.3 Å². The van der Waals surface area contributed by atoms with E-state index in [4.69, 9.17) is 4.74 Å². The Kier molecular flexibility index (Phi) is 4.85. The largest absolute Gasteiger partial charge is 0.490 e. The molecule has 0 bridgehead atoms. The summed E-state index contributed by atoms with van der Waals surface area (Å²) in [7, 11) is 0. The number of halogens is 2. The van der Waals surface area contributed by atoms with Crippen molar-refractivity contribution in [2.24, 2.45) is 5.92 Å². The minimum Gasteiger partial charge on any atom is -0.490 e. The molecule has 5 heteroatoms. The van der Waals surface area contributed by atoms with Crippen LogP contribution in [0.5, 0.6) is 5.75 Å². The van der Waals surface area contributed by atoms with Crippen molar-refractivity contribution in [3.8, 4) is 5.75 Å². The van der Waals surface area contributed by atoms with Crippen molar-refractivity contribution >= 4 is 5.78 Å². The fourth-order valence-corrected chi connectivity index (χ4v) is 2.18. The number of hydrogen-bond donors (Lipinski definition) is 1. The van der Waals surface area contributed by atoms with Crippen LogP contribution in [0.15, 0.2) is 18.2 Å². The predicted octanol–water partition coefficient (Wildman–Crippen LogP) is 2.30. The molecule has 0 spiro atoms. The van der Waals surface area contributed by atoms with Crippen molar-refractivity contribution in [2.45, 2.75) is 19.3 Å². The number of nitrogens with one attached hydrogen (secondary N) is 1. The minimum absolute atomic E-state index is 0.0176. The molecular weight excluding hydrogens is 252 g/mol. The first-order valence-electron chi connectivity index (χ1n) is 6.48. The number of rotatable bonds is 5. The number of hydrogen-bond acceptors (Lipinski definition) is 3. The van der Waals surface area contributed by atoms with Crippen LogP contribution in [0.4, 0.5) is 8.78 Å². The van der Waals surface area contributed by atoms with E-state index in [0.717, 1.165) is 31.5 Å². The fraction of sp³-hybridized carbons (Fsp3) is 0.500. The maximum absolute atomic E-state index is 13.3. The van der Waals surface area contributed by atoms with Gasteiger partial charge < -0.3 is 10.1 Å². The van der Waals surface area contributed by atoms with Crippen LogP contribution in [0.2, 0.25) is 0 Å². The van der Waals surface area contributed by atoms with E-state index < -0.39 is 11.6 Å². The minimum atomic E-state index is -0.744. The van der Waals surface area contributed by atoms with Crippen LogP contribution in [0.3, 0.4) is 0 Å². The number of Topliss-reactive ketones (excluding diaryl/α,β-unsaturated/α-hetero) is 1. The van der Waals surface area contributed by atoms with Gasteiger partial charge in [-0.15, -0.1) is 0 Å². The van der Waals surface area contributed by atoms with Crippen LogP contribution < -0.4 is 10.1 Å². The van der Waals surface area contributed by atoms with Crippen LogP contribution in [0.1, 0.15) is 19.3 Å². The first kappa shape index (κ1) is 13.9. The summed E-state index contributed by atoms with van der Waals surface area (Å²) < 4.78 is 31.1. The summed E-state index contributed by atoms with van der Waals surface area (Å²) in [5, 5.41) is 3.18. The first-order chi connectivity index (χ1) is 9.16. The highest BCUT2D eigenvalue weighted by Crippen LogP contribution is 2.18. The van der Waals surface area contributed by atoms with E-state index in [1.54, 1.807) is 0 Å². The SMILES string of the molecule is O=C(CCOc1ccc(F)cc1F)C1CCCNC1. The number of piperidine rings is 1. The van der Waals surface area contributed by atoms with Gasteiger partial charge in [0.1, 0.15) is 11.6 Å². The summed E-state index contributed by atoms with van der Waals surface area (Å²) in [5.74, 6) is -1.23.